The van der Waals surface area contributed by atoms with Crippen LogP contribution in [0.2, 0.25) is 0 Å². The predicted octanol–water partition coefficient (Wildman–Crippen LogP) is -2.04. The van der Waals surface area contributed by atoms with Crippen LogP contribution in [0.3, 0.4) is 0 Å². The lowest BCUT2D eigenvalue weighted by atomic mass is 10.0. The molecule has 1 heterocycles. The Balaban J connectivity index is 1.92. The molecule has 9 N–H and O–H groups in total. The molecule has 188 valence electrons. The number of carboxylic acid groups (broad SMARTS) is 1. The third-order valence-corrected chi connectivity index (χ3v) is 4.98. The lowest BCUT2D eigenvalue weighted by Gasteiger charge is -2.21. The molecular formula is C22H29N7O6. The summed E-state index contributed by atoms with van der Waals surface area (Å²) in [4.78, 5) is 66.5. The summed E-state index contributed by atoms with van der Waals surface area (Å²) < 4.78 is 0. The number of benzene rings is 1. The van der Waals surface area contributed by atoms with Crippen molar-refractivity contribution < 1.29 is 29.1 Å². The Morgan fingerprint density at radius 3 is 2.31 bits per heavy atom. The second kappa shape index (κ2) is 13.4. The minimum atomic E-state index is -1.27. The number of primary amides is 1. The smallest absolute Gasteiger partial charge is 0.326 e. The van der Waals surface area contributed by atoms with Crippen LogP contribution in [-0.4, -0.2) is 69.3 Å². The SMILES string of the molecule is NC(=O)CCC(NC(=O)C(N)Cc1ccccc1)C(=O)NCC(=O)NC(Cc1cnc[nH]1)C(=O)O. The van der Waals surface area contributed by atoms with Crippen LogP contribution in [0.15, 0.2) is 42.9 Å². The van der Waals surface area contributed by atoms with Gasteiger partial charge in [0, 0.05) is 24.7 Å². The van der Waals surface area contributed by atoms with E-state index in [1.807, 2.05) is 6.07 Å². The molecule has 0 aliphatic carbocycles. The molecule has 3 atom stereocenters. The zero-order valence-electron chi connectivity index (χ0n) is 18.9. The summed E-state index contributed by atoms with van der Waals surface area (Å²) in [5.74, 6) is -4.06. The number of rotatable bonds is 14. The molecule has 2 aromatic rings. The van der Waals surface area contributed by atoms with Crippen LogP contribution in [-0.2, 0) is 36.8 Å². The van der Waals surface area contributed by atoms with Gasteiger partial charge < -0.3 is 37.5 Å². The molecule has 0 saturated carbocycles. The Labute approximate surface area is 201 Å². The number of carboxylic acids is 1. The van der Waals surface area contributed by atoms with Crippen LogP contribution in [0.5, 0.6) is 0 Å². The van der Waals surface area contributed by atoms with Crippen molar-refractivity contribution in [3.8, 4) is 0 Å². The van der Waals surface area contributed by atoms with E-state index in [-0.39, 0.29) is 25.7 Å². The van der Waals surface area contributed by atoms with Gasteiger partial charge in [-0.05, 0) is 18.4 Å². The topological polar surface area (TPSA) is 222 Å². The van der Waals surface area contributed by atoms with Crippen molar-refractivity contribution in [1.29, 1.82) is 0 Å². The maximum Gasteiger partial charge on any atom is 0.326 e. The van der Waals surface area contributed by atoms with Gasteiger partial charge in [-0.1, -0.05) is 30.3 Å². The fraction of sp³-hybridized carbons (Fsp3) is 0.364. The maximum atomic E-state index is 12.6. The van der Waals surface area contributed by atoms with E-state index >= 15 is 0 Å². The van der Waals surface area contributed by atoms with Gasteiger partial charge in [0.15, 0.2) is 0 Å². The van der Waals surface area contributed by atoms with Crippen molar-refractivity contribution in [2.24, 2.45) is 11.5 Å². The Bertz CT molecular complexity index is 1010. The molecule has 4 amide bonds. The number of imidazole rings is 1. The fourth-order valence-corrected chi connectivity index (χ4v) is 3.15. The van der Waals surface area contributed by atoms with Crippen LogP contribution in [0, 0.1) is 0 Å². The van der Waals surface area contributed by atoms with Crippen LogP contribution in [0.25, 0.3) is 0 Å². The predicted molar refractivity (Wildman–Crippen MR) is 123 cm³/mol. The number of hydrogen-bond acceptors (Lipinski definition) is 7. The second-order valence-electron chi connectivity index (χ2n) is 7.82. The zero-order valence-corrected chi connectivity index (χ0v) is 18.9. The number of nitrogens with zero attached hydrogens (tertiary/aromatic N) is 1. The van der Waals surface area contributed by atoms with Crippen molar-refractivity contribution in [3.63, 3.8) is 0 Å². The first-order valence-electron chi connectivity index (χ1n) is 10.8. The van der Waals surface area contributed by atoms with Gasteiger partial charge in [-0.25, -0.2) is 9.78 Å². The molecular weight excluding hydrogens is 458 g/mol. The Morgan fingerprint density at radius 1 is 1.00 bits per heavy atom. The first kappa shape index (κ1) is 27.0. The van der Waals surface area contributed by atoms with Crippen LogP contribution < -0.4 is 27.4 Å². The molecule has 0 aliphatic rings. The molecule has 0 bridgehead atoms. The van der Waals surface area contributed by atoms with Gasteiger partial charge in [-0.2, -0.15) is 0 Å². The van der Waals surface area contributed by atoms with E-state index < -0.39 is 54.3 Å². The number of aromatic nitrogens is 2. The van der Waals surface area contributed by atoms with Gasteiger partial charge in [0.25, 0.3) is 0 Å². The van der Waals surface area contributed by atoms with Gasteiger partial charge in [-0.15, -0.1) is 0 Å². The van der Waals surface area contributed by atoms with E-state index in [2.05, 4.69) is 25.9 Å². The van der Waals surface area contributed by atoms with Gasteiger partial charge in [-0.3, -0.25) is 19.2 Å². The molecule has 1 aromatic carbocycles. The molecule has 0 saturated heterocycles. The number of amides is 4. The molecule has 13 nitrogen and oxygen atoms in total. The lowest BCUT2D eigenvalue weighted by molar-refractivity contribution is -0.141. The lowest BCUT2D eigenvalue weighted by Crippen LogP contribution is -2.54. The standard InChI is InChI=1S/C22H29N7O6/c23-15(8-13-4-2-1-3-5-13)20(32)29-16(6-7-18(24)30)21(33)26-11-19(31)28-17(22(34)35)9-14-10-25-12-27-14/h1-5,10,12,15-17H,6-9,11,23H2,(H2,24,30)(H,25,27)(H,26,33)(H,28,31)(H,29,32)(H,34,35). The maximum absolute atomic E-state index is 12.6. The van der Waals surface area contributed by atoms with E-state index in [0.29, 0.717) is 5.69 Å². The van der Waals surface area contributed by atoms with E-state index in [1.54, 1.807) is 24.3 Å². The first-order chi connectivity index (χ1) is 16.7. The highest BCUT2D eigenvalue weighted by atomic mass is 16.4. The van der Waals surface area contributed by atoms with Crippen molar-refractivity contribution in [3.05, 3.63) is 54.1 Å². The molecule has 0 spiro atoms. The number of carbonyl (C=O) groups is 5. The van der Waals surface area contributed by atoms with E-state index in [1.165, 1.54) is 12.5 Å². The van der Waals surface area contributed by atoms with Crippen molar-refractivity contribution in [1.82, 2.24) is 25.9 Å². The highest BCUT2D eigenvalue weighted by Gasteiger charge is 2.26. The molecule has 0 fully saturated rings. The largest absolute Gasteiger partial charge is 0.480 e. The fourth-order valence-electron chi connectivity index (χ4n) is 3.15. The Kier molecular flexibility index (Phi) is 10.4. The molecule has 0 radical (unpaired) electrons. The van der Waals surface area contributed by atoms with E-state index in [9.17, 15) is 29.1 Å². The molecule has 35 heavy (non-hydrogen) atoms. The second-order valence-corrected chi connectivity index (χ2v) is 7.82. The average Bonchev–Trinajstić information content (AvgIpc) is 3.33. The van der Waals surface area contributed by atoms with Gasteiger partial charge in [0.05, 0.1) is 18.9 Å². The molecule has 0 aliphatic heterocycles. The number of nitrogens with one attached hydrogen (secondary N) is 4. The number of aliphatic carboxylic acids is 1. The highest BCUT2D eigenvalue weighted by Crippen LogP contribution is 2.04. The number of H-pyrrole nitrogens is 1. The monoisotopic (exact) mass is 487 g/mol. The summed E-state index contributed by atoms with van der Waals surface area (Å²) in [6.45, 7) is -0.551. The van der Waals surface area contributed by atoms with Crippen molar-refractivity contribution in [2.75, 3.05) is 6.54 Å². The third-order valence-electron chi connectivity index (χ3n) is 4.98. The normalized spacial score (nSPS) is 13.2. The molecule has 1 aromatic heterocycles. The van der Waals surface area contributed by atoms with Crippen molar-refractivity contribution >= 4 is 29.6 Å². The van der Waals surface area contributed by atoms with Gasteiger partial charge in [0.1, 0.15) is 12.1 Å². The number of aromatic amines is 1. The quantitative estimate of drug-likeness (QED) is 0.157. The summed E-state index contributed by atoms with van der Waals surface area (Å²) in [7, 11) is 0. The Morgan fingerprint density at radius 2 is 1.71 bits per heavy atom. The minimum Gasteiger partial charge on any atom is -0.480 e. The summed E-state index contributed by atoms with van der Waals surface area (Å²) >= 11 is 0. The van der Waals surface area contributed by atoms with Gasteiger partial charge in [0.2, 0.25) is 23.6 Å². The zero-order chi connectivity index (χ0) is 25.8. The highest BCUT2D eigenvalue weighted by molar-refractivity contribution is 5.93. The summed E-state index contributed by atoms with van der Waals surface area (Å²) in [6.07, 6.45) is 2.70. The van der Waals surface area contributed by atoms with Gasteiger partial charge >= 0.3 is 5.97 Å². The third kappa shape index (κ3) is 9.63. The molecule has 13 heteroatoms. The van der Waals surface area contributed by atoms with Crippen LogP contribution >= 0.6 is 0 Å². The number of carbonyl (C=O) groups excluding carboxylic acids is 4. The van der Waals surface area contributed by atoms with E-state index in [4.69, 9.17) is 11.5 Å². The van der Waals surface area contributed by atoms with E-state index in [0.717, 1.165) is 5.56 Å². The van der Waals surface area contributed by atoms with Crippen LogP contribution in [0.1, 0.15) is 24.1 Å². The summed E-state index contributed by atoms with van der Waals surface area (Å²) in [6, 6.07) is 5.66. The number of hydrogen-bond donors (Lipinski definition) is 7. The van der Waals surface area contributed by atoms with Crippen LogP contribution in [0.4, 0.5) is 0 Å². The number of nitrogens with two attached hydrogens (primary N) is 2. The minimum absolute atomic E-state index is 0.0361. The summed E-state index contributed by atoms with van der Waals surface area (Å²) in [5, 5.41) is 16.4. The van der Waals surface area contributed by atoms with Crippen molar-refractivity contribution in [2.45, 2.75) is 43.8 Å². The Hall–Kier alpha value is -4.26. The summed E-state index contributed by atoms with van der Waals surface area (Å²) in [5.41, 5.74) is 12.4. The molecule has 2 rings (SSSR count). The average molecular weight is 488 g/mol. The first-order valence-corrected chi connectivity index (χ1v) is 10.8. The molecule has 3 unspecified atom stereocenters.